The van der Waals surface area contributed by atoms with Crippen molar-refractivity contribution in [3.05, 3.63) is 48.0 Å². The minimum atomic E-state index is 0.587. The van der Waals surface area contributed by atoms with E-state index in [1.54, 1.807) is 0 Å². The molecule has 15 heavy (non-hydrogen) atoms. The van der Waals surface area contributed by atoms with E-state index in [1.807, 2.05) is 0 Å². The van der Waals surface area contributed by atoms with Gasteiger partial charge in [-0.1, -0.05) is 0 Å². The Morgan fingerprint density at radius 2 is 1.87 bits per heavy atom. The van der Waals surface area contributed by atoms with Crippen molar-refractivity contribution in [2.45, 2.75) is 5.32 Å². The molecule has 0 fully saturated rings. The number of benzene rings is 2. The van der Waals surface area contributed by atoms with E-state index >= 15 is 0 Å². The summed E-state index contributed by atoms with van der Waals surface area (Å²) in [6.07, 6.45) is 0. The van der Waals surface area contributed by atoms with Crippen molar-refractivity contribution in [1.29, 1.82) is 0 Å². The van der Waals surface area contributed by atoms with Crippen LogP contribution in [0.1, 0.15) is 5.56 Å². The zero-order valence-electron chi connectivity index (χ0n) is 8.31. The van der Waals surface area contributed by atoms with Crippen molar-refractivity contribution in [3.63, 3.8) is 0 Å². The molecule has 0 atom stereocenters. The summed E-state index contributed by atoms with van der Waals surface area (Å²) < 4.78 is 1.35. The average Bonchev–Trinajstić information content (AvgIpc) is 2.82. The number of aliphatic imine (C=N–C) groups is 1. The molecule has 1 heterocycles. The van der Waals surface area contributed by atoms with Crippen LogP contribution in [0, 0.1) is 0 Å². The zero-order valence-corrected chi connectivity index (χ0v) is 10.0. The molecule has 1 aliphatic heterocycles. The molecule has 0 amide bonds. The van der Waals surface area contributed by atoms with Gasteiger partial charge in [-0.2, -0.15) is 0 Å². The normalized spacial score (nSPS) is 15.6. The summed E-state index contributed by atoms with van der Waals surface area (Å²) in [7, 11) is 0. The topological polar surface area (TPSA) is 12.4 Å². The maximum atomic E-state index is 4.60. The van der Waals surface area contributed by atoms with Crippen LogP contribution in [-0.4, -0.2) is 26.1 Å². The molecule has 1 aliphatic rings. The Labute approximate surface area is 95.4 Å². The van der Waals surface area contributed by atoms with E-state index < -0.39 is 0 Å². The van der Waals surface area contributed by atoms with Crippen LogP contribution < -0.4 is 0 Å². The molecule has 0 bridgehead atoms. The average molecular weight is 260 g/mol. The molecule has 0 N–H and O–H groups in total. The Morgan fingerprint density at radius 1 is 1.00 bits per heavy atom. The second-order valence-electron chi connectivity index (χ2n) is 3.56. The predicted octanol–water partition coefficient (Wildman–Crippen LogP) is 2.72. The molecule has 2 aromatic carbocycles. The van der Waals surface area contributed by atoms with E-state index in [0.29, 0.717) is 15.0 Å². The molecule has 2 heteroatoms. The van der Waals surface area contributed by atoms with Crippen molar-refractivity contribution in [2.24, 2.45) is 4.99 Å². The molecule has 0 radical (unpaired) electrons. The standard InChI is InChI=1S/C13H11NSe/c1-2-6-11-10(4-1)5-3-7-12(11)13-14-8-9-15-13/h1-7H,8-9H2. The molecule has 0 saturated carbocycles. The third-order valence-corrected chi connectivity index (χ3v) is 4.72. The van der Waals surface area contributed by atoms with Crippen LogP contribution in [0.2, 0.25) is 5.32 Å². The minimum absolute atomic E-state index is 0.587. The first kappa shape index (κ1) is 9.14. The molecule has 0 unspecified atom stereocenters. The Morgan fingerprint density at radius 3 is 2.73 bits per heavy atom. The van der Waals surface area contributed by atoms with E-state index in [-0.39, 0.29) is 0 Å². The number of rotatable bonds is 1. The van der Waals surface area contributed by atoms with Gasteiger partial charge in [-0.3, -0.25) is 0 Å². The summed E-state index contributed by atoms with van der Waals surface area (Å²) in [5, 5.41) is 3.94. The van der Waals surface area contributed by atoms with E-state index in [9.17, 15) is 0 Å². The van der Waals surface area contributed by atoms with Crippen LogP contribution in [-0.2, 0) is 0 Å². The second-order valence-corrected chi connectivity index (χ2v) is 5.84. The van der Waals surface area contributed by atoms with Gasteiger partial charge < -0.3 is 0 Å². The van der Waals surface area contributed by atoms with Gasteiger partial charge in [0.1, 0.15) is 0 Å². The molecule has 2 aromatic rings. The van der Waals surface area contributed by atoms with Gasteiger partial charge in [0, 0.05) is 0 Å². The zero-order chi connectivity index (χ0) is 10.1. The van der Waals surface area contributed by atoms with Crippen molar-refractivity contribution >= 4 is 30.3 Å². The molecule has 0 aromatic heterocycles. The van der Waals surface area contributed by atoms with Gasteiger partial charge in [0.2, 0.25) is 0 Å². The number of nitrogens with zero attached hydrogens (tertiary/aromatic N) is 1. The Kier molecular flexibility index (Phi) is 2.32. The van der Waals surface area contributed by atoms with Gasteiger partial charge >= 0.3 is 95.2 Å². The fraction of sp³-hybridized carbons (Fsp3) is 0.154. The number of fused-ring (bicyclic) bond motifs is 1. The molecule has 74 valence electrons. The number of hydrogen-bond acceptors (Lipinski definition) is 1. The summed E-state index contributed by atoms with van der Waals surface area (Å²) in [5.74, 6) is 0. The van der Waals surface area contributed by atoms with Crippen LogP contribution in [0.15, 0.2) is 47.5 Å². The first-order valence-electron chi connectivity index (χ1n) is 5.10. The third kappa shape index (κ3) is 1.60. The van der Waals surface area contributed by atoms with Crippen LogP contribution in [0.25, 0.3) is 10.8 Å². The molecular weight excluding hydrogens is 249 g/mol. The SMILES string of the molecule is c1ccc2c(C3=NCC[Se]3)cccc2c1. The summed E-state index contributed by atoms with van der Waals surface area (Å²) in [6.45, 7) is 1.03. The monoisotopic (exact) mass is 261 g/mol. The van der Waals surface area contributed by atoms with E-state index in [2.05, 4.69) is 47.5 Å². The first-order chi connectivity index (χ1) is 7.45. The van der Waals surface area contributed by atoms with Gasteiger partial charge in [-0.05, 0) is 0 Å². The van der Waals surface area contributed by atoms with E-state index in [0.717, 1.165) is 6.54 Å². The van der Waals surface area contributed by atoms with Crippen molar-refractivity contribution in [1.82, 2.24) is 0 Å². The predicted molar refractivity (Wildman–Crippen MR) is 65.9 cm³/mol. The van der Waals surface area contributed by atoms with E-state index in [1.165, 1.54) is 26.3 Å². The molecule has 1 nitrogen and oxygen atoms in total. The van der Waals surface area contributed by atoms with E-state index in [4.69, 9.17) is 0 Å². The first-order valence-corrected chi connectivity index (χ1v) is 7.17. The molecule has 0 aliphatic carbocycles. The van der Waals surface area contributed by atoms with Gasteiger partial charge in [-0.15, -0.1) is 0 Å². The summed E-state index contributed by atoms with van der Waals surface area (Å²) in [6, 6.07) is 15.1. The van der Waals surface area contributed by atoms with Gasteiger partial charge in [-0.25, -0.2) is 0 Å². The van der Waals surface area contributed by atoms with Gasteiger partial charge in [0.15, 0.2) is 0 Å². The Hall–Kier alpha value is -1.11. The molecule has 3 rings (SSSR count). The second kappa shape index (κ2) is 3.80. The van der Waals surface area contributed by atoms with Gasteiger partial charge in [0.25, 0.3) is 0 Å². The third-order valence-electron chi connectivity index (χ3n) is 2.61. The van der Waals surface area contributed by atoms with Crippen molar-refractivity contribution in [3.8, 4) is 0 Å². The Bertz CT molecular complexity index is 526. The summed E-state index contributed by atoms with van der Waals surface area (Å²) in [4.78, 5) is 4.60. The molecule has 0 spiro atoms. The van der Waals surface area contributed by atoms with Crippen molar-refractivity contribution in [2.75, 3.05) is 6.54 Å². The number of hydrogen-bond donors (Lipinski definition) is 0. The van der Waals surface area contributed by atoms with Crippen LogP contribution in [0.3, 0.4) is 0 Å². The maximum absolute atomic E-state index is 4.60. The summed E-state index contributed by atoms with van der Waals surface area (Å²) in [5.41, 5.74) is 1.35. The quantitative estimate of drug-likeness (QED) is 0.699. The molecule has 0 saturated heterocycles. The fourth-order valence-electron chi connectivity index (χ4n) is 1.91. The molecular formula is C13H11NSe. The van der Waals surface area contributed by atoms with Crippen molar-refractivity contribution < 1.29 is 0 Å². The van der Waals surface area contributed by atoms with Crippen LogP contribution in [0.4, 0.5) is 0 Å². The van der Waals surface area contributed by atoms with Gasteiger partial charge in [0.05, 0.1) is 0 Å². The van der Waals surface area contributed by atoms with Crippen LogP contribution in [0.5, 0.6) is 0 Å². The van der Waals surface area contributed by atoms with Crippen LogP contribution >= 0.6 is 0 Å². The Balaban J connectivity index is 2.26. The fourth-order valence-corrected chi connectivity index (χ4v) is 3.78. The summed E-state index contributed by atoms with van der Waals surface area (Å²) >= 11 is 0.587.